The van der Waals surface area contributed by atoms with Gasteiger partial charge in [0, 0.05) is 23.7 Å². The Labute approximate surface area is 184 Å². The molecule has 0 radical (unpaired) electrons. The number of hydrogen-bond acceptors (Lipinski definition) is 7. The molecule has 3 aromatic heterocycles. The van der Waals surface area contributed by atoms with E-state index in [1.807, 2.05) is 11.4 Å². The lowest BCUT2D eigenvalue weighted by atomic mass is 10.1. The fraction of sp³-hybridized carbons (Fsp3) is 0.238. The Morgan fingerprint density at radius 3 is 2.75 bits per heavy atom. The lowest BCUT2D eigenvalue weighted by molar-refractivity contribution is -0.138. The number of alkyl halides is 3. The minimum absolute atomic E-state index is 0.0300. The third-order valence-corrected chi connectivity index (χ3v) is 5.34. The zero-order valence-electron chi connectivity index (χ0n) is 16.8. The Balaban J connectivity index is 1.67. The summed E-state index contributed by atoms with van der Waals surface area (Å²) in [6.07, 6.45) is -2.87. The molecule has 0 bridgehead atoms. The first-order valence-electron chi connectivity index (χ1n) is 9.62. The summed E-state index contributed by atoms with van der Waals surface area (Å²) in [6, 6.07) is 7.30. The summed E-state index contributed by atoms with van der Waals surface area (Å²) in [5.74, 6) is 0.329. The second kappa shape index (κ2) is 8.94. The van der Waals surface area contributed by atoms with Gasteiger partial charge in [-0.05, 0) is 31.2 Å². The number of ether oxygens (including phenoxy) is 1. The molecule has 4 aromatic rings. The third kappa shape index (κ3) is 4.56. The molecule has 1 aromatic carbocycles. The number of nitriles is 1. The number of benzene rings is 1. The van der Waals surface area contributed by atoms with Crippen molar-refractivity contribution in [1.29, 1.82) is 5.26 Å². The maximum absolute atomic E-state index is 13.5. The van der Waals surface area contributed by atoms with E-state index in [4.69, 9.17) is 4.74 Å². The van der Waals surface area contributed by atoms with Gasteiger partial charge in [-0.25, -0.2) is 15.0 Å². The number of H-pyrrole nitrogens is 1. The van der Waals surface area contributed by atoms with Gasteiger partial charge in [0.05, 0.1) is 29.9 Å². The predicted molar refractivity (Wildman–Crippen MR) is 113 cm³/mol. The second-order valence-corrected chi connectivity index (χ2v) is 7.70. The molecular formula is C21H17F3N6OS. The number of aromatic amines is 1. The quantitative estimate of drug-likeness (QED) is 0.418. The summed E-state index contributed by atoms with van der Waals surface area (Å²) in [4.78, 5) is 16.0. The number of nitrogens with one attached hydrogen (secondary N) is 2. The largest absolute Gasteiger partial charge is 0.493 e. The Morgan fingerprint density at radius 2 is 2.06 bits per heavy atom. The molecule has 0 saturated heterocycles. The molecule has 2 N–H and O–H groups in total. The average molecular weight is 458 g/mol. The molecule has 0 aliphatic heterocycles. The molecule has 0 spiro atoms. The van der Waals surface area contributed by atoms with Gasteiger partial charge >= 0.3 is 6.18 Å². The summed E-state index contributed by atoms with van der Waals surface area (Å²) in [5.41, 5.74) is 0.464. The van der Waals surface area contributed by atoms with Gasteiger partial charge in [0.15, 0.2) is 5.69 Å². The van der Waals surface area contributed by atoms with Crippen molar-refractivity contribution >= 4 is 22.4 Å². The van der Waals surface area contributed by atoms with Crippen LogP contribution < -0.4 is 10.1 Å². The van der Waals surface area contributed by atoms with E-state index in [-0.39, 0.29) is 29.3 Å². The molecule has 0 unspecified atom stereocenters. The molecule has 3 heterocycles. The molecule has 4 rings (SSSR count). The Hall–Kier alpha value is -3.49. The van der Waals surface area contributed by atoms with Gasteiger partial charge in [-0.2, -0.15) is 18.4 Å². The first-order chi connectivity index (χ1) is 15.4. The number of thiazole rings is 1. The number of rotatable bonds is 7. The molecule has 0 saturated carbocycles. The van der Waals surface area contributed by atoms with Gasteiger partial charge in [-0.1, -0.05) is 0 Å². The van der Waals surface area contributed by atoms with E-state index in [1.165, 1.54) is 23.5 Å². The van der Waals surface area contributed by atoms with Crippen molar-refractivity contribution in [3.63, 3.8) is 0 Å². The Kier molecular flexibility index (Phi) is 6.07. The van der Waals surface area contributed by atoms with E-state index < -0.39 is 11.7 Å². The molecule has 0 aliphatic carbocycles. The van der Waals surface area contributed by atoms with Crippen LogP contribution in [0.25, 0.3) is 22.3 Å². The predicted octanol–water partition coefficient (Wildman–Crippen LogP) is 4.66. The molecule has 7 nitrogen and oxygen atoms in total. The van der Waals surface area contributed by atoms with Gasteiger partial charge in [-0.15, -0.1) is 11.3 Å². The highest BCUT2D eigenvalue weighted by atomic mass is 32.1. The summed E-state index contributed by atoms with van der Waals surface area (Å²) in [6.45, 7) is 2.69. The van der Waals surface area contributed by atoms with Crippen LogP contribution in [0.1, 0.15) is 29.0 Å². The minimum Gasteiger partial charge on any atom is -0.493 e. The number of halogens is 3. The first-order valence-corrected chi connectivity index (χ1v) is 10.5. The molecule has 0 amide bonds. The van der Waals surface area contributed by atoms with Crippen LogP contribution >= 0.6 is 11.3 Å². The van der Waals surface area contributed by atoms with Crippen LogP contribution in [0.5, 0.6) is 5.75 Å². The molecule has 32 heavy (non-hydrogen) atoms. The fourth-order valence-electron chi connectivity index (χ4n) is 3.20. The summed E-state index contributed by atoms with van der Waals surface area (Å²) in [5, 5.41) is 15.5. The highest BCUT2D eigenvalue weighted by molar-refractivity contribution is 7.09. The van der Waals surface area contributed by atoms with E-state index in [1.54, 1.807) is 19.2 Å². The zero-order valence-corrected chi connectivity index (χ0v) is 17.6. The van der Waals surface area contributed by atoms with Crippen LogP contribution in [-0.4, -0.2) is 26.5 Å². The highest BCUT2D eigenvalue weighted by Gasteiger charge is 2.35. The average Bonchev–Trinajstić information content (AvgIpc) is 3.42. The number of fused-ring (bicyclic) bond motifs is 1. The molecule has 11 heteroatoms. The van der Waals surface area contributed by atoms with Crippen molar-refractivity contribution in [2.75, 3.05) is 6.61 Å². The fourth-order valence-corrected chi connectivity index (χ4v) is 3.78. The van der Waals surface area contributed by atoms with Gasteiger partial charge in [-0.3, -0.25) is 0 Å². The summed E-state index contributed by atoms with van der Waals surface area (Å²) < 4.78 is 45.6. The number of aromatic nitrogens is 4. The van der Waals surface area contributed by atoms with Crippen molar-refractivity contribution in [3.8, 4) is 23.1 Å². The van der Waals surface area contributed by atoms with E-state index in [0.717, 1.165) is 11.1 Å². The molecule has 0 atom stereocenters. The van der Waals surface area contributed by atoms with Crippen LogP contribution in [0.2, 0.25) is 0 Å². The first kappa shape index (κ1) is 21.7. The summed E-state index contributed by atoms with van der Waals surface area (Å²) in [7, 11) is 0. The maximum Gasteiger partial charge on any atom is 0.419 e. The van der Waals surface area contributed by atoms with Gasteiger partial charge in [0.2, 0.25) is 0 Å². The van der Waals surface area contributed by atoms with Crippen molar-refractivity contribution in [2.24, 2.45) is 0 Å². The van der Waals surface area contributed by atoms with Crippen LogP contribution in [0.3, 0.4) is 0 Å². The summed E-state index contributed by atoms with van der Waals surface area (Å²) >= 11 is 1.53. The van der Waals surface area contributed by atoms with Gasteiger partial charge < -0.3 is 15.0 Å². The number of hydrogen-bond donors (Lipinski definition) is 2. The minimum atomic E-state index is -4.59. The SMILES string of the molecule is CCOc1ccc(-c2cc3[nH]c(CNCc4nccs4)nc3c(C#N)n2)cc1C(F)(F)F. The normalized spacial score (nSPS) is 11.6. The smallest absolute Gasteiger partial charge is 0.419 e. The van der Waals surface area contributed by atoms with Crippen LogP contribution in [0.15, 0.2) is 35.8 Å². The lowest BCUT2D eigenvalue weighted by Crippen LogP contribution is -2.13. The topological polar surface area (TPSA) is 99.5 Å². The van der Waals surface area contributed by atoms with E-state index in [0.29, 0.717) is 29.9 Å². The van der Waals surface area contributed by atoms with Crippen LogP contribution in [0, 0.1) is 11.3 Å². The number of imidazole rings is 1. The molecular weight excluding hydrogens is 441 g/mol. The van der Waals surface area contributed by atoms with Crippen LogP contribution in [0.4, 0.5) is 13.2 Å². The van der Waals surface area contributed by atoms with Crippen molar-refractivity contribution in [1.82, 2.24) is 25.3 Å². The van der Waals surface area contributed by atoms with Gasteiger partial charge in [0.25, 0.3) is 0 Å². The second-order valence-electron chi connectivity index (χ2n) is 6.72. The zero-order chi connectivity index (χ0) is 22.7. The van der Waals surface area contributed by atoms with Gasteiger partial charge in [0.1, 0.15) is 28.2 Å². The highest BCUT2D eigenvalue weighted by Crippen LogP contribution is 2.39. The molecule has 0 fully saturated rings. The molecule has 0 aliphatic rings. The van der Waals surface area contributed by atoms with Crippen molar-refractivity contribution in [2.45, 2.75) is 26.2 Å². The third-order valence-electron chi connectivity index (χ3n) is 4.56. The van der Waals surface area contributed by atoms with Crippen LogP contribution in [-0.2, 0) is 19.3 Å². The lowest BCUT2D eigenvalue weighted by Gasteiger charge is -2.14. The van der Waals surface area contributed by atoms with E-state index in [9.17, 15) is 18.4 Å². The maximum atomic E-state index is 13.5. The number of nitrogens with zero attached hydrogens (tertiary/aromatic N) is 4. The van der Waals surface area contributed by atoms with Crippen molar-refractivity contribution < 1.29 is 17.9 Å². The molecule has 164 valence electrons. The standard InChI is InChI=1S/C21H17F3N6OS/c1-2-31-17-4-3-12(7-13(17)21(22,23)24)14-8-15-20(16(9-25)28-14)30-18(29-15)10-26-11-19-27-5-6-32-19/h3-8,26H,2,10-11H2,1H3,(H,29,30). The number of pyridine rings is 1. The Morgan fingerprint density at radius 1 is 1.22 bits per heavy atom. The van der Waals surface area contributed by atoms with E-state index >= 15 is 0 Å². The monoisotopic (exact) mass is 458 g/mol. The Bertz CT molecular complexity index is 1280. The van der Waals surface area contributed by atoms with Crippen molar-refractivity contribution in [3.05, 3.63) is 57.9 Å². The van der Waals surface area contributed by atoms with E-state index in [2.05, 4.69) is 25.3 Å².